The van der Waals surface area contributed by atoms with Crippen molar-refractivity contribution in [3.8, 4) is 0 Å². The Hall–Kier alpha value is -0.430. The summed E-state index contributed by atoms with van der Waals surface area (Å²) in [6, 6.07) is 6.72. The van der Waals surface area contributed by atoms with E-state index >= 15 is 0 Å². The SMILES string of the molecule is CCC(CSC)n1c(N)nc2cc(I)ccc21. The second-order valence-electron chi connectivity index (χ2n) is 3.99. The van der Waals surface area contributed by atoms with Gasteiger partial charge in [0.1, 0.15) is 0 Å². The monoisotopic (exact) mass is 361 g/mol. The predicted molar refractivity (Wildman–Crippen MR) is 84.6 cm³/mol. The second kappa shape index (κ2) is 5.48. The molecule has 0 bridgehead atoms. The van der Waals surface area contributed by atoms with E-state index < -0.39 is 0 Å². The fraction of sp³-hybridized carbons (Fsp3) is 0.417. The van der Waals surface area contributed by atoms with Crippen molar-refractivity contribution in [1.82, 2.24) is 9.55 Å². The van der Waals surface area contributed by atoms with Gasteiger partial charge in [-0.2, -0.15) is 11.8 Å². The Morgan fingerprint density at radius 1 is 1.53 bits per heavy atom. The van der Waals surface area contributed by atoms with Gasteiger partial charge in [0, 0.05) is 15.4 Å². The van der Waals surface area contributed by atoms with Crippen LogP contribution in [-0.2, 0) is 0 Å². The van der Waals surface area contributed by atoms with Crippen LogP contribution in [0.3, 0.4) is 0 Å². The minimum absolute atomic E-state index is 0.426. The number of aromatic nitrogens is 2. The summed E-state index contributed by atoms with van der Waals surface area (Å²) in [5.41, 5.74) is 8.19. The Balaban J connectivity index is 2.55. The van der Waals surface area contributed by atoms with Gasteiger partial charge in [-0.15, -0.1) is 0 Å². The zero-order valence-electron chi connectivity index (χ0n) is 9.98. The number of fused-ring (bicyclic) bond motifs is 1. The fourth-order valence-corrected chi connectivity index (χ4v) is 3.29. The summed E-state index contributed by atoms with van der Waals surface area (Å²) in [4.78, 5) is 4.45. The first-order valence-corrected chi connectivity index (χ1v) is 8.06. The second-order valence-corrected chi connectivity index (χ2v) is 6.15. The molecule has 92 valence electrons. The van der Waals surface area contributed by atoms with Gasteiger partial charge in [-0.05, 0) is 53.5 Å². The average Bonchev–Trinajstić information content (AvgIpc) is 2.61. The average molecular weight is 361 g/mol. The largest absolute Gasteiger partial charge is 0.369 e. The molecule has 0 aliphatic carbocycles. The molecule has 2 N–H and O–H groups in total. The molecule has 1 aromatic carbocycles. The van der Waals surface area contributed by atoms with E-state index in [-0.39, 0.29) is 0 Å². The first-order valence-electron chi connectivity index (χ1n) is 5.59. The Morgan fingerprint density at radius 3 is 2.94 bits per heavy atom. The van der Waals surface area contributed by atoms with Crippen molar-refractivity contribution >= 4 is 51.3 Å². The number of nitrogens with zero attached hydrogens (tertiary/aromatic N) is 2. The molecule has 1 aromatic heterocycles. The number of benzene rings is 1. The molecule has 1 unspecified atom stereocenters. The highest BCUT2D eigenvalue weighted by molar-refractivity contribution is 14.1. The first-order chi connectivity index (χ1) is 8.17. The summed E-state index contributed by atoms with van der Waals surface area (Å²) in [5, 5.41) is 0. The molecule has 0 fully saturated rings. The van der Waals surface area contributed by atoms with E-state index in [2.05, 4.69) is 63.5 Å². The number of nitrogen functional groups attached to an aromatic ring is 1. The molecule has 2 aromatic rings. The van der Waals surface area contributed by atoms with Crippen molar-refractivity contribution in [2.45, 2.75) is 19.4 Å². The first kappa shape index (κ1) is 13.0. The zero-order chi connectivity index (χ0) is 12.4. The van der Waals surface area contributed by atoms with Crippen LogP contribution in [-0.4, -0.2) is 21.6 Å². The highest BCUT2D eigenvalue weighted by Gasteiger charge is 2.15. The zero-order valence-corrected chi connectivity index (χ0v) is 13.0. The standard InChI is InChI=1S/C12H16IN3S/c1-3-9(7-17-2)16-11-5-4-8(13)6-10(11)15-12(16)14/h4-6,9H,3,7H2,1-2H3,(H2,14,15). The lowest BCUT2D eigenvalue weighted by molar-refractivity contribution is 0.561. The van der Waals surface area contributed by atoms with E-state index in [4.69, 9.17) is 5.73 Å². The molecular formula is C12H16IN3S. The molecule has 1 heterocycles. The third kappa shape index (κ3) is 2.54. The van der Waals surface area contributed by atoms with Crippen LogP contribution in [0.5, 0.6) is 0 Å². The highest BCUT2D eigenvalue weighted by Crippen LogP contribution is 2.27. The lowest BCUT2D eigenvalue weighted by atomic mass is 10.2. The molecule has 3 nitrogen and oxygen atoms in total. The maximum atomic E-state index is 6.05. The van der Waals surface area contributed by atoms with E-state index in [0.717, 1.165) is 23.2 Å². The number of halogens is 1. The highest BCUT2D eigenvalue weighted by atomic mass is 127. The van der Waals surface area contributed by atoms with Crippen molar-refractivity contribution in [3.63, 3.8) is 0 Å². The van der Waals surface area contributed by atoms with Crippen LogP contribution in [0, 0.1) is 3.57 Å². The van der Waals surface area contributed by atoms with Crippen molar-refractivity contribution in [2.75, 3.05) is 17.7 Å². The number of anilines is 1. The molecule has 0 saturated heterocycles. The fourth-order valence-electron chi connectivity index (χ4n) is 2.04. The predicted octanol–water partition coefficient (Wildman–Crippen LogP) is 3.54. The molecule has 0 radical (unpaired) electrons. The van der Waals surface area contributed by atoms with Gasteiger partial charge in [0.15, 0.2) is 0 Å². The van der Waals surface area contributed by atoms with Gasteiger partial charge < -0.3 is 10.3 Å². The van der Waals surface area contributed by atoms with Crippen LogP contribution in [0.25, 0.3) is 11.0 Å². The van der Waals surface area contributed by atoms with Crippen molar-refractivity contribution < 1.29 is 0 Å². The number of hydrogen-bond donors (Lipinski definition) is 1. The number of nitrogens with two attached hydrogens (primary N) is 1. The molecule has 0 amide bonds. The van der Waals surface area contributed by atoms with Crippen LogP contribution in [0.1, 0.15) is 19.4 Å². The Labute approximate surface area is 119 Å². The Morgan fingerprint density at radius 2 is 2.29 bits per heavy atom. The Kier molecular flexibility index (Phi) is 4.19. The van der Waals surface area contributed by atoms with E-state index in [1.165, 1.54) is 3.57 Å². The lowest BCUT2D eigenvalue weighted by Crippen LogP contribution is -2.13. The van der Waals surface area contributed by atoms with Gasteiger partial charge in [0.25, 0.3) is 0 Å². The van der Waals surface area contributed by atoms with Crippen LogP contribution in [0.2, 0.25) is 0 Å². The molecule has 0 aliphatic rings. The van der Waals surface area contributed by atoms with E-state index in [9.17, 15) is 0 Å². The van der Waals surface area contributed by atoms with Gasteiger partial charge in [-0.25, -0.2) is 4.98 Å². The number of rotatable bonds is 4. The third-order valence-electron chi connectivity index (χ3n) is 2.87. The van der Waals surface area contributed by atoms with Gasteiger partial charge in [-0.1, -0.05) is 6.92 Å². The summed E-state index contributed by atoms with van der Waals surface area (Å²) >= 11 is 4.15. The summed E-state index contributed by atoms with van der Waals surface area (Å²) in [5.74, 6) is 1.70. The number of hydrogen-bond acceptors (Lipinski definition) is 3. The molecule has 2 rings (SSSR count). The minimum Gasteiger partial charge on any atom is -0.369 e. The summed E-state index contributed by atoms with van der Waals surface area (Å²) in [6.07, 6.45) is 3.20. The summed E-state index contributed by atoms with van der Waals surface area (Å²) < 4.78 is 3.36. The number of thioether (sulfide) groups is 1. The van der Waals surface area contributed by atoms with Crippen LogP contribution >= 0.6 is 34.4 Å². The van der Waals surface area contributed by atoms with Crippen molar-refractivity contribution in [1.29, 1.82) is 0 Å². The smallest absolute Gasteiger partial charge is 0.201 e. The topological polar surface area (TPSA) is 43.8 Å². The summed E-state index contributed by atoms with van der Waals surface area (Å²) in [6.45, 7) is 2.19. The normalized spacial score (nSPS) is 13.1. The van der Waals surface area contributed by atoms with Gasteiger partial charge in [-0.3, -0.25) is 0 Å². The minimum atomic E-state index is 0.426. The van der Waals surface area contributed by atoms with Crippen LogP contribution in [0.4, 0.5) is 5.95 Å². The van der Waals surface area contributed by atoms with E-state index in [1.54, 1.807) is 0 Å². The third-order valence-corrected chi connectivity index (χ3v) is 4.26. The maximum Gasteiger partial charge on any atom is 0.201 e. The van der Waals surface area contributed by atoms with Crippen LogP contribution < -0.4 is 5.73 Å². The van der Waals surface area contributed by atoms with E-state index in [1.807, 2.05) is 11.8 Å². The molecule has 0 spiro atoms. The van der Waals surface area contributed by atoms with Crippen LogP contribution in [0.15, 0.2) is 18.2 Å². The molecule has 1 atom stereocenters. The van der Waals surface area contributed by atoms with E-state index in [0.29, 0.717) is 12.0 Å². The van der Waals surface area contributed by atoms with Gasteiger partial charge >= 0.3 is 0 Å². The van der Waals surface area contributed by atoms with Crippen molar-refractivity contribution in [3.05, 3.63) is 21.8 Å². The molecule has 0 aliphatic heterocycles. The molecule has 5 heteroatoms. The Bertz CT molecular complexity index is 524. The quantitative estimate of drug-likeness (QED) is 0.848. The summed E-state index contributed by atoms with van der Waals surface area (Å²) in [7, 11) is 0. The molecular weight excluding hydrogens is 345 g/mol. The molecule has 17 heavy (non-hydrogen) atoms. The molecule has 0 saturated carbocycles. The number of imidazole rings is 1. The lowest BCUT2D eigenvalue weighted by Gasteiger charge is -2.17. The maximum absolute atomic E-state index is 6.05. The van der Waals surface area contributed by atoms with Gasteiger partial charge in [0.2, 0.25) is 5.95 Å². The van der Waals surface area contributed by atoms with Gasteiger partial charge in [0.05, 0.1) is 11.0 Å². The van der Waals surface area contributed by atoms with Crippen molar-refractivity contribution in [2.24, 2.45) is 0 Å².